The number of amides is 1. The molecule has 4 nitrogen and oxygen atoms in total. The van der Waals surface area contributed by atoms with Crippen molar-refractivity contribution in [3.63, 3.8) is 0 Å². The van der Waals surface area contributed by atoms with Crippen LogP contribution in [0.1, 0.15) is 10.4 Å². The zero-order chi connectivity index (χ0) is 17.3. The minimum atomic E-state index is -0.485. The summed E-state index contributed by atoms with van der Waals surface area (Å²) in [5.74, 6) is -0.825. The van der Waals surface area contributed by atoms with Gasteiger partial charge in [0.1, 0.15) is 10.2 Å². The largest absolute Gasteiger partial charge is 0.383 e. The molecule has 3 aromatic rings. The average Bonchev–Trinajstić information content (AvgIpc) is 3.04. The summed E-state index contributed by atoms with van der Waals surface area (Å²) in [6.45, 7) is 0.933. The van der Waals surface area contributed by atoms with Crippen molar-refractivity contribution in [1.82, 2.24) is 4.57 Å². The van der Waals surface area contributed by atoms with Crippen LogP contribution < -0.4 is 4.80 Å². The quantitative estimate of drug-likeness (QED) is 0.637. The van der Waals surface area contributed by atoms with Crippen LogP contribution in [0.2, 0.25) is 8.67 Å². The van der Waals surface area contributed by atoms with Gasteiger partial charge in [0.05, 0.1) is 26.7 Å². The fourth-order valence-electron chi connectivity index (χ4n) is 2.16. The first kappa shape index (κ1) is 17.6. The van der Waals surface area contributed by atoms with Crippen molar-refractivity contribution < 1.29 is 13.9 Å². The molecule has 1 aromatic carbocycles. The number of benzene rings is 1. The van der Waals surface area contributed by atoms with Gasteiger partial charge in [-0.1, -0.05) is 34.5 Å². The first-order valence-corrected chi connectivity index (χ1v) is 9.20. The average molecular weight is 405 g/mol. The molecular weight excluding hydrogens is 394 g/mol. The van der Waals surface area contributed by atoms with Gasteiger partial charge in [0.15, 0.2) is 4.80 Å². The molecule has 9 heteroatoms. The van der Waals surface area contributed by atoms with Crippen LogP contribution in [0, 0.1) is 5.82 Å². The predicted molar refractivity (Wildman–Crippen MR) is 95.9 cm³/mol. The number of thiophene rings is 1. The molecule has 0 spiro atoms. The Labute approximate surface area is 154 Å². The molecule has 126 valence electrons. The molecule has 0 unspecified atom stereocenters. The van der Waals surface area contributed by atoms with Gasteiger partial charge in [-0.2, -0.15) is 4.99 Å². The number of rotatable bonds is 4. The molecule has 0 N–H and O–H groups in total. The van der Waals surface area contributed by atoms with E-state index in [1.807, 2.05) is 4.57 Å². The Hall–Kier alpha value is -1.25. The highest BCUT2D eigenvalue weighted by Crippen LogP contribution is 2.31. The van der Waals surface area contributed by atoms with Crippen molar-refractivity contribution in [2.45, 2.75) is 6.54 Å². The molecule has 0 radical (unpaired) electrons. The monoisotopic (exact) mass is 404 g/mol. The molecular formula is C15H11Cl2FN2O2S2. The Morgan fingerprint density at radius 1 is 1.33 bits per heavy atom. The molecule has 0 saturated heterocycles. The maximum Gasteiger partial charge on any atom is 0.282 e. The zero-order valence-electron chi connectivity index (χ0n) is 12.4. The van der Waals surface area contributed by atoms with Crippen LogP contribution in [0.3, 0.4) is 0 Å². The number of carbonyl (C=O) groups is 1. The van der Waals surface area contributed by atoms with Crippen LogP contribution in [0.25, 0.3) is 10.2 Å². The van der Waals surface area contributed by atoms with Crippen molar-refractivity contribution in [3.05, 3.63) is 49.1 Å². The summed E-state index contributed by atoms with van der Waals surface area (Å²) in [5.41, 5.74) is 1.05. The Balaban J connectivity index is 2.13. The maximum absolute atomic E-state index is 13.5. The number of halogens is 3. The molecule has 1 amide bonds. The van der Waals surface area contributed by atoms with Gasteiger partial charge in [0.25, 0.3) is 5.91 Å². The lowest BCUT2D eigenvalue weighted by Gasteiger charge is -2.04. The topological polar surface area (TPSA) is 43.6 Å². The Morgan fingerprint density at radius 3 is 2.79 bits per heavy atom. The molecule has 2 heterocycles. The van der Waals surface area contributed by atoms with E-state index in [1.54, 1.807) is 13.2 Å². The summed E-state index contributed by atoms with van der Waals surface area (Å²) in [5, 5.41) is 0. The van der Waals surface area contributed by atoms with E-state index in [2.05, 4.69) is 4.99 Å². The zero-order valence-corrected chi connectivity index (χ0v) is 15.5. The highest BCUT2D eigenvalue weighted by atomic mass is 35.5. The first-order chi connectivity index (χ1) is 11.5. The lowest BCUT2D eigenvalue weighted by atomic mass is 10.3. The van der Waals surface area contributed by atoms with Crippen molar-refractivity contribution in [3.8, 4) is 0 Å². The predicted octanol–water partition coefficient (Wildman–Crippen LogP) is 4.60. The second-order valence-electron chi connectivity index (χ2n) is 4.80. The van der Waals surface area contributed by atoms with Crippen molar-refractivity contribution in [2.24, 2.45) is 4.99 Å². The standard InChI is InChI=1S/C15H11Cl2FN2O2S2/c1-22-5-4-20-10-3-2-8(18)6-11(10)23-15(20)19-14(21)9-7-12(16)24-13(9)17/h2-3,6-7H,4-5H2,1H3. The van der Waals surface area contributed by atoms with Crippen LogP contribution in [0.15, 0.2) is 29.3 Å². The van der Waals surface area contributed by atoms with E-state index in [0.717, 1.165) is 16.9 Å². The minimum Gasteiger partial charge on any atom is -0.383 e. The van der Waals surface area contributed by atoms with Gasteiger partial charge in [0.2, 0.25) is 0 Å². The third kappa shape index (κ3) is 3.55. The number of carbonyl (C=O) groups excluding carboxylic acids is 1. The van der Waals surface area contributed by atoms with Crippen molar-refractivity contribution in [2.75, 3.05) is 13.7 Å². The van der Waals surface area contributed by atoms with E-state index < -0.39 is 5.91 Å². The third-order valence-corrected chi connectivity index (χ3v) is 5.78. The number of aromatic nitrogens is 1. The summed E-state index contributed by atoms with van der Waals surface area (Å²) in [6, 6.07) is 5.95. The summed E-state index contributed by atoms with van der Waals surface area (Å²) in [6.07, 6.45) is 0. The van der Waals surface area contributed by atoms with Crippen LogP contribution in [-0.4, -0.2) is 24.2 Å². The molecule has 0 fully saturated rings. The Kier molecular flexibility index (Phi) is 5.36. The van der Waals surface area contributed by atoms with E-state index in [0.29, 0.717) is 31.3 Å². The molecule has 0 bridgehead atoms. The smallest absolute Gasteiger partial charge is 0.282 e. The van der Waals surface area contributed by atoms with Crippen molar-refractivity contribution in [1.29, 1.82) is 0 Å². The normalized spacial score (nSPS) is 12.2. The van der Waals surface area contributed by atoms with Crippen LogP contribution >= 0.6 is 45.9 Å². The molecule has 3 rings (SSSR count). The number of nitrogens with zero attached hydrogens (tertiary/aromatic N) is 2. The second kappa shape index (κ2) is 7.33. The third-order valence-electron chi connectivity index (χ3n) is 3.25. The van der Waals surface area contributed by atoms with Crippen molar-refractivity contribution >= 4 is 62.0 Å². The molecule has 0 atom stereocenters. The molecule has 0 aliphatic carbocycles. The van der Waals surface area contributed by atoms with Gasteiger partial charge < -0.3 is 9.30 Å². The lowest BCUT2D eigenvalue weighted by Crippen LogP contribution is -2.19. The van der Waals surface area contributed by atoms with Gasteiger partial charge in [-0.05, 0) is 24.3 Å². The van der Waals surface area contributed by atoms with Gasteiger partial charge >= 0.3 is 0 Å². The Morgan fingerprint density at radius 2 is 2.12 bits per heavy atom. The van der Waals surface area contributed by atoms with Crippen LogP contribution in [0.5, 0.6) is 0 Å². The van der Waals surface area contributed by atoms with Gasteiger partial charge in [-0.3, -0.25) is 4.79 Å². The number of hydrogen-bond donors (Lipinski definition) is 0. The number of thiazole rings is 1. The Bertz CT molecular complexity index is 978. The second-order valence-corrected chi connectivity index (χ2v) is 8.09. The highest BCUT2D eigenvalue weighted by Gasteiger charge is 2.15. The summed E-state index contributed by atoms with van der Waals surface area (Å²) in [4.78, 5) is 17.0. The molecule has 2 aromatic heterocycles. The van der Waals surface area contributed by atoms with Gasteiger partial charge in [-0.15, -0.1) is 11.3 Å². The first-order valence-electron chi connectivity index (χ1n) is 6.81. The van der Waals surface area contributed by atoms with Crippen LogP contribution in [0.4, 0.5) is 4.39 Å². The number of ether oxygens (including phenoxy) is 1. The van der Waals surface area contributed by atoms with E-state index in [4.69, 9.17) is 27.9 Å². The highest BCUT2D eigenvalue weighted by molar-refractivity contribution is 7.20. The lowest BCUT2D eigenvalue weighted by molar-refractivity contribution is 0.0998. The van der Waals surface area contributed by atoms with Crippen LogP contribution in [-0.2, 0) is 11.3 Å². The minimum absolute atomic E-state index is 0.258. The summed E-state index contributed by atoms with van der Waals surface area (Å²) < 4.78 is 21.8. The molecule has 0 aliphatic rings. The fourth-order valence-corrected chi connectivity index (χ4v) is 4.69. The molecule has 0 saturated carbocycles. The summed E-state index contributed by atoms with van der Waals surface area (Å²) in [7, 11) is 1.59. The molecule has 24 heavy (non-hydrogen) atoms. The van der Waals surface area contributed by atoms with E-state index in [9.17, 15) is 9.18 Å². The number of methoxy groups -OCH3 is 1. The summed E-state index contributed by atoms with van der Waals surface area (Å²) >= 11 is 14.2. The number of hydrogen-bond acceptors (Lipinski definition) is 4. The number of fused-ring (bicyclic) bond motifs is 1. The van der Waals surface area contributed by atoms with E-state index in [1.165, 1.54) is 29.5 Å². The van der Waals surface area contributed by atoms with Gasteiger partial charge in [0, 0.05) is 13.7 Å². The van der Waals surface area contributed by atoms with E-state index >= 15 is 0 Å². The maximum atomic E-state index is 13.5. The SMILES string of the molecule is COCCn1c(=NC(=O)c2cc(Cl)sc2Cl)sc2cc(F)ccc21. The molecule has 0 aliphatic heterocycles. The fraction of sp³-hybridized carbons (Fsp3) is 0.200. The van der Waals surface area contributed by atoms with Gasteiger partial charge in [-0.25, -0.2) is 4.39 Å². The van der Waals surface area contributed by atoms with E-state index in [-0.39, 0.29) is 11.4 Å².